The molecule has 2 N–H and O–H groups in total. The lowest BCUT2D eigenvalue weighted by Gasteiger charge is -2.34. The molecule has 1 aromatic rings. The Kier molecular flexibility index (Phi) is 3.82. The van der Waals surface area contributed by atoms with Gasteiger partial charge in [-0.3, -0.25) is 4.79 Å². The van der Waals surface area contributed by atoms with Crippen molar-refractivity contribution in [2.75, 3.05) is 6.54 Å². The van der Waals surface area contributed by atoms with Gasteiger partial charge in [0.1, 0.15) is 0 Å². The number of Topliss-reactive ketones (excluding diaryl/α,β-unsaturated/α-hetero) is 1. The lowest BCUT2D eigenvalue weighted by atomic mass is 9.71. The van der Waals surface area contributed by atoms with Crippen LogP contribution in [0.15, 0.2) is 15.9 Å². The minimum atomic E-state index is -0.286. The van der Waals surface area contributed by atoms with Crippen LogP contribution in [0.3, 0.4) is 0 Å². The summed E-state index contributed by atoms with van der Waals surface area (Å²) in [7, 11) is 0. The van der Waals surface area contributed by atoms with Gasteiger partial charge in [-0.15, -0.1) is 11.3 Å². The minimum Gasteiger partial charge on any atom is -0.329 e. The van der Waals surface area contributed by atoms with Crippen molar-refractivity contribution in [1.82, 2.24) is 0 Å². The third-order valence-electron chi connectivity index (χ3n) is 3.51. The molecular weight excluding hydrogens is 286 g/mol. The van der Waals surface area contributed by atoms with Gasteiger partial charge in [0.2, 0.25) is 0 Å². The van der Waals surface area contributed by atoms with Crippen molar-refractivity contribution >= 4 is 33.0 Å². The number of carbonyl (C=O) groups excluding carboxylic acids is 1. The molecule has 0 aromatic carbocycles. The SMILES string of the molecule is NCC1(C(=O)c2sccc2Br)CCCCC1. The first-order valence-electron chi connectivity index (χ1n) is 5.67. The quantitative estimate of drug-likeness (QED) is 0.867. The second kappa shape index (κ2) is 4.98. The molecule has 4 heteroatoms. The number of carbonyl (C=O) groups is 1. The Morgan fingerprint density at radius 2 is 2.12 bits per heavy atom. The van der Waals surface area contributed by atoms with Crippen LogP contribution in [0.5, 0.6) is 0 Å². The fraction of sp³-hybridized carbons (Fsp3) is 0.583. The number of thiophene rings is 1. The summed E-state index contributed by atoms with van der Waals surface area (Å²) in [5.74, 6) is 0.247. The van der Waals surface area contributed by atoms with Gasteiger partial charge in [-0.05, 0) is 40.2 Å². The summed E-state index contributed by atoms with van der Waals surface area (Å²) in [6.07, 6.45) is 5.40. The maximum atomic E-state index is 12.5. The number of rotatable bonds is 3. The molecule has 0 amide bonds. The van der Waals surface area contributed by atoms with E-state index in [0.717, 1.165) is 35.0 Å². The summed E-state index contributed by atoms with van der Waals surface area (Å²) in [5, 5.41) is 1.95. The van der Waals surface area contributed by atoms with E-state index in [0.29, 0.717) is 6.54 Å². The third-order valence-corrected chi connectivity index (χ3v) is 5.34. The first-order chi connectivity index (χ1) is 7.69. The molecule has 1 saturated carbocycles. The lowest BCUT2D eigenvalue weighted by Crippen LogP contribution is -2.40. The van der Waals surface area contributed by atoms with Crippen molar-refractivity contribution in [3.63, 3.8) is 0 Å². The van der Waals surface area contributed by atoms with Crippen LogP contribution in [0.1, 0.15) is 41.8 Å². The van der Waals surface area contributed by atoms with Gasteiger partial charge in [-0.1, -0.05) is 19.3 Å². The molecule has 0 saturated heterocycles. The molecule has 1 heterocycles. The maximum absolute atomic E-state index is 12.5. The minimum absolute atomic E-state index is 0.247. The fourth-order valence-corrected chi connectivity index (χ4v) is 4.06. The van der Waals surface area contributed by atoms with Gasteiger partial charge in [0.15, 0.2) is 5.78 Å². The standard InChI is InChI=1S/C12H16BrNOS/c13-9-4-7-16-10(9)11(15)12(8-14)5-2-1-3-6-12/h4,7H,1-3,5-6,8,14H2. The highest BCUT2D eigenvalue weighted by molar-refractivity contribution is 9.10. The van der Waals surface area contributed by atoms with E-state index in [1.165, 1.54) is 17.8 Å². The van der Waals surface area contributed by atoms with Gasteiger partial charge in [0.25, 0.3) is 0 Å². The van der Waals surface area contributed by atoms with Crippen molar-refractivity contribution in [3.05, 3.63) is 20.8 Å². The van der Waals surface area contributed by atoms with Gasteiger partial charge in [-0.2, -0.15) is 0 Å². The molecule has 1 aliphatic rings. The van der Waals surface area contributed by atoms with Crippen LogP contribution in [-0.4, -0.2) is 12.3 Å². The van der Waals surface area contributed by atoms with Crippen molar-refractivity contribution < 1.29 is 4.79 Å². The Morgan fingerprint density at radius 1 is 1.44 bits per heavy atom. The molecule has 2 nitrogen and oxygen atoms in total. The van der Waals surface area contributed by atoms with E-state index < -0.39 is 0 Å². The molecule has 1 fully saturated rings. The Morgan fingerprint density at radius 3 is 2.62 bits per heavy atom. The Labute approximate surface area is 108 Å². The van der Waals surface area contributed by atoms with Gasteiger partial charge in [0.05, 0.1) is 4.88 Å². The molecule has 0 spiro atoms. The molecule has 0 bridgehead atoms. The van der Waals surface area contributed by atoms with E-state index >= 15 is 0 Å². The van der Waals surface area contributed by atoms with Crippen molar-refractivity contribution in [2.45, 2.75) is 32.1 Å². The summed E-state index contributed by atoms with van der Waals surface area (Å²) in [6.45, 7) is 0.482. The number of halogens is 1. The fourth-order valence-electron chi connectivity index (χ4n) is 2.45. The monoisotopic (exact) mass is 301 g/mol. The van der Waals surface area contributed by atoms with E-state index in [-0.39, 0.29) is 11.2 Å². The predicted octanol–water partition coefficient (Wildman–Crippen LogP) is 3.60. The normalized spacial score (nSPS) is 19.6. The van der Waals surface area contributed by atoms with Crippen LogP contribution < -0.4 is 5.73 Å². The number of ketones is 1. The molecule has 0 atom stereocenters. The first-order valence-corrected chi connectivity index (χ1v) is 7.35. The molecular formula is C12H16BrNOS. The number of nitrogens with two attached hydrogens (primary N) is 1. The lowest BCUT2D eigenvalue weighted by molar-refractivity contribution is 0.0733. The Hall–Kier alpha value is -0.190. The highest BCUT2D eigenvalue weighted by Crippen LogP contribution is 2.40. The van der Waals surface area contributed by atoms with Crippen LogP contribution in [-0.2, 0) is 0 Å². The highest BCUT2D eigenvalue weighted by Gasteiger charge is 2.39. The summed E-state index contributed by atoms with van der Waals surface area (Å²) >= 11 is 4.95. The van der Waals surface area contributed by atoms with Crippen LogP contribution in [0, 0.1) is 5.41 Å². The second-order valence-electron chi connectivity index (χ2n) is 4.47. The number of hydrogen-bond donors (Lipinski definition) is 1. The van der Waals surface area contributed by atoms with Gasteiger partial charge >= 0.3 is 0 Å². The Balaban J connectivity index is 2.28. The van der Waals surface area contributed by atoms with Gasteiger partial charge in [0, 0.05) is 16.4 Å². The summed E-state index contributed by atoms with van der Waals surface area (Å²) in [6, 6.07) is 1.94. The van der Waals surface area contributed by atoms with E-state index in [9.17, 15) is 4.79 Å². The van der Waals surface area contributed by atoms with Crippen LogP contribution in [0.25, 0.3) is 0 Å². The zero-order valence-corrected chi connectivity index (χ0v) is 11.6. The van der Waals surface area contributed by atoms with E-state index in [1.807, 2.05) is 11.4 Å². The largest absolute Gasteiger partial charge is 0.329 e. The Bertz CT molecular complexity index is 382. The van der Waals surface area contributed by atoms with Crippen molar-refractivity contribution in [2.24, 2.45) is 11.1 Å². The molecule has 0 unspecified atom stereocenters. The summed E-state index contributed by atoms with van der Waals surface area (Å²) < 4.78 is 0.917. The zero-order chi connectivity index (χ0) is 11.6. The van der Waals surface area contributed by atoms with Gasteiger partial charge in [-0.25, -0.2) is 0 Å². The first kappa shape index (κ1) is 12.3. The number of hydrogen-bond acceptors (Lipinski definition) is 3. The molecule has 16 heavy (non-hydrogen) atoms. The molecule has 0 radical (unpaired) electrons. The smallest absolute Gasteiger partial charge is 0.181 e. The van der Waals surface area contributed by atoms with Gasteiger partial charge < -0.3 is 5.73 Å². The highest BCUT2D eigenvalue weighted by atomic mass is 79.9. The maximum Gasteiger partial charge on any atom is 0.181 e. The molecule has 0 aliphatic heterocycles. The van der Waals surface area contributed by atoms with E-state index in [2.05, 4.69) is 15.9 Å². The zero-order valence-electron chi connectivity index (χ0n) is 9.17. The molecule has 88 valence electrons. The molecule has 2 rings (SSSR count). The van der Waals surface area contributed by atoms with Crippen LogP contribution in [0.2, 0.25) is 0 Å². The van der Waals surface area contributed by atoms with E-state index in [1.54, 1.807) is 0 Å². The second-order valence-corrected chi connectivity index (χ2v) is 6.24. The third kappa shape index (κ3) is 2.11. The molecule has 1 aromatic heterocycles. The average molecular weight is 302 g/mol. The van der Waals surface area contributed by atoms with E-state index in [4.69, 9.17) is 5.73 Å². The van der Waals surface area contributed by atoms with Crippen molar-refractivity contribution in [3.8, 4) is 0 Å². The predicted molar refractivity (Wildman–Crippen MR) is 70.9 cm³/mol. The molecule has 1 aliphatic carbocycles. The summed E-state index contributed by atoms with van der Waals surface area (Å²) in [4.78, 5) is 13.4. The van der Waals surface area contributed by atoms with Crippen molar-refractivity contribution in [1.29, 1.82) is 0 Å². The topological polar surface area (TPSA) is 43.1 Å². The van der Waals surface area contributed by atoms with Crippen LogP contribution >= 0.6 is 27.3 Å². The summed E-state index contributed by atoms with van der Waals surface area (Å²) in [5.41, 5.74) is 5.58. The average Bonchev–Trinajstić information content (AvgIpc) is 2.75. The van der Waals surface area contributed by atoms with Crippen LogP contribution in [0.4, 0.5) is 0 Å².